The van der Waals surface area contributed by atoms with Crippen molar-refractivity contribution in [3.05, 3.63) is 23.8 Å². The van der Waals surface area contributed by atoms with Gasteiger partial charge in [-0.15, -0.1) is 0 Å². The van der Waals surface area contributed by atoms with Crippen molar-refractivity contribution in [2.75, 3.05) is 34.5 Å². The highest BCUT2D eigenvalue weighted by Gasteiger charge is 2.27. The fourth-order valence-electron chi connectivity index (χ4n) is 3.85. The summed E-state index contributed by atoms with van der Waals surface area (Å²) in [5.74, 6) is 0.393. The van der Waals surface area contributed by atoms with Crippen LogP contribution in [0.5, 0.6) is 17.2 Å². The van der Waals surface area contributed by atoms with E-state index >= 15 is 0 Å². The summed E-state index contributed by atoms with van der Waals surface area (Å²) in [4.78, 5) is 25.7. The molecule has 0 aliphatic carbocycles. The van der Waals surface area contributed by atoms with Gasteiger partial charge in [0.1, 0.15) is 0 Å². The highest BCUT2D eigenvalue weighted by molar-refractivity contribution is 5.97. The highest BCUT2D eigenvalue weighted by Crippen LogP contribution is 2.38. The van der Waals surface area contributed by atoms with Crippen molar-refractivity contribution in [3.63, 3.8) is 0 Å². The van der Waals surface area contributed by atoms with E-state index in [4.69, 9.17) is 23.7 Å². The molecular formula is C30H48O7. The van der Waals surface area contributed by atoms with Gasteiger partial charge in [-0.1, -0.05) is 78.4 Å². The maximum absolute atomic E-state index is 12.9. The molecule has 37 heavy (non-hydrogen) atoms. The van der Waals surface area contributed by atoms with Gasteiger partial charge in [0.25, 0.3) is 0 Å². The standard InChI is InChI=1S/C30H48O7/c1-22(2)14-10-8-12-18-36-29(31)25(30(32)37-19-13-9-11-15-23(3)4)17-16-24-20-26(33-5)28(35-7)27(21-24)34-6/h16-17,20-23,25H,8-15,18-19H2,1-7H3. The van der Waals surface area contributed by atoms with Crippen molar-refractivity contribution in [2.45, 2.75) is 79.1 Å². The quantitative estimate of drug-likeness (QED) is 0.112. The van der Waals surface area contributed by atoms with E-state index < -0.39 is 17.9 Å². The minimum absolute atomic E-state index is 0.286. The summed E-state index contributed by atoms with van der Waals surface area (Å²) in [5.41, 5.74) is 0.683. The van der Waals surface area contributed by atoms with Gasteiger partial charge < -0.3 is 23.7 Å². The van der Waals surface area contributed by atoms with Crippen LogP contribution < -0.4 is 14.2 Å². The maximum atomic E-state index is 12.9. The molecule has 0 saturated heterocycles. The number of rotatable bonds is 19. The molecule has 0 spiro atoms. The highest BCUT2D eigenvalue weighted by atomic mass is 16.6. The lowest BCUT2D eigenvalue weighted by Crippen LogP contribution is -2.27. The molecule has 0 saturated carbocycles. The first-order chi connectivity index (χ1) is 17.7. The van der Waals surface area contributed by atoms with Gasteiger partial charge in [0.15, 0.2) is 17.4 Å². The Hall–Kier alpha value is -2.70. The van der Waals surface area contributed by atoms with Crippen LogP contribution in [0.4, 0.5) is 0 Å². The minimum Gasteiger partial charge on any atom is -0.493 e. The van der Waals surface area contributed by atoms with Gasteiger partial charge in [-0.3, -0.25) is 9.59 Å². The number of ether oxygens (including phenoxy) is 5. The molecule has 0 atom stereocenters. The van der Waals surface area contributed by atoms with Gasteiger partial charge in [-0.05, 0) is 42.4 Å². The predicted molar refractivity (Wildman–Crippen MR) is 147 cm³/mol. The summed E-state index contributed by atoms with van der Waals surface area (Å²) in [5, 5.41) is 0. The average Bonchev–Trinajstić information content (AvgIpc) is 2.87. The first-order valence-electron chi connectivity index (χ1n) is 13.5. The number of hydrogen-bond acceptors (Lipinski definition) is 7. The van der Waals surface area contributed by atoms with Gasteiger partial charge in [-0.25, -0.2) is 0 Å². The molecule has 0 heterocycles. The Kier molecular flexibility index (Phi) is 16.2. The molecule has 0 fully saturated rings. The Morgan fingerprint density at radius 3 is 1.54 bits per heavy atom. The van der Waals surface area contributed by atoms with Gasteiger partial charge >= 0.3 is 11.9 Å². The number of esters is 2. The van der Waals surface area contributed by atoms with Crippen LogP contribution in [0.25, 0.3) is 6.08 Å². The molecule has 0 unspecified atom stereocenters. The summed E-state index contributed by atoms with van der Waals surface area (Å²) in [6.45, 7) is 9.35. The summed E-state index contributed by atoms with van der Waals surface area (Å²) < 4.78 is 27.1. The predicted octanol–water partition coefficient (Wildman–Crippen LogP) is 6.86. The number of hydrogen-bond donors (Lipinski definition) is 0. The molecule has 1 aromatic carbocycles. The van der Waals surface area contributed by atoms with Crippen molar-refractivity contribution >= 4 is 18.0 Å². The van der Waals surface area contributed by atoms with E-state index in [9.17, 15) is 9.59 Å². The Morgan fingerprint density at radius 2 is 1.16 bits per heavy atom. The third-order valence-corrected chi connectivity index (χ3v) is 6.02. The molecule has 0 aromatic heterocycles. The zero-order chi connectivity index (χ0) is 27.6. The lowest BCUT2D eigenvalue weighted by atomic mass is 10.1. The topological polar surface area (TPSA) is 80.3 Å². The lowest BCUT2D eigenvalue weighted by molar-refractivity contribution is -0.159. The SMILES string of the molecule is COc1cc(C=CC(C(=O)OCCCCCC(C)C)C(=O)OCCCCCC(C)C)cc(OC)c1OC. The second-order valence-electron chi connectivity index (χ2n) is 10.1. The van der Waals surface area contributed by atoms with Gasteiger partial charge in [0.2, 0.25) is 5.75 Å². The van der Waals surface area contributed by atoms with Crippen LogP contribution in [0.2, 0.25) is 0 Å². The second kappa shape index (κ2) is 18.5. The van der Waals surface area contributed by atoms with E-state index in [1.165, 1.54) is 27.4 Å². The van der Waals surface area contributed by atoms with Gasteiger partial charge in [0, 0.05) is 0 Å². The second-order valence-corrected chi connectivity index (χ2v) is 10.1. The third-order valence-electron chi connectivity index (χ3n) is 6.02. The number of benzene rings is 1. The molecule has 7 nitrogen and oxygen atoms in total. The number of methoxy groups -OCH3 is 3. The van der Waals surface area contributed by atoms with E-state index in [0.717, 1.165) is 51.4 Å². The van der Waals surface area contributed by atoms with Crippen molar-refractivity contribution in [3.8, 4) is 17.2 Å². The maximum Gasteiger partial charge on any atom is 0.324 e. The fraction of sp³-hybridized carbons (Fsp3) is 0.667. The van der Waals surface area contributed by atoms with Crippen LogP contribution in [0.1, 0.15) is 84.6 Å². The van der Waals surface area contributed by atoms with Crippen LogP contribution in [-0.4, -0.2) is 46.5 Å². The largest absolute Gasteiger partial charge is 0.493 e. The minimum atomic E-state index is -1.15. The lowest BCUT2D eigenvalue weighted by Gasteiger charge is -2.14. The van der Waals surface area contributed by atoms with Gasteiger partial charge in [-0.2, -0.15) is 0 Å². The average molecular weight is 521 g/mol. The molecule has 1 aromatic rings. The smallest absolute Gasteiger partial charge is 0.324 e. The third kappa shape index (κ3) is 12.9. The first-order valence-corrected chi connectivity index (χ1v) is 13.5. The van der Waals surface area contributed by atoms with Crippen molar-refractivity contribution in [2.24, 2.45) is 17.8 Å². The summed E-state index contributed by atoms with van der Waals surface area (Å²) in [6.07, 6.45) is 11.2. The molecule has 0 bridgehead atoms. The van der Waals surface area contributed by atoms with E-state index in [1.54, 1.807) is 18.2 Å². The van der Waals surface area contributed by atoms with Crippen LogP contribution in [0, 0.1) is 17.8 Å². The van der Waals surface area contributed by atoms with Crippen molar-refractivity contribution in [1.29, 1.82) is 0 Å². The summed E-state index contributed by atoms with van der Waals surface area (Å²) in [7, 11) is 4.60. The van der Waals surface area contributed by atoms with Crippen LogP contribution in [0.3, 0.4) is 0 Å². The van der Waals surface area contributed by atoms with Crippen LogP contribution in [-0.2, 0) is 19.1 Å². The Balaban J connectivity index is 2.88. The Bertz CT molecular complexity index is 772. The molecule has 0 aliphatic rings. The molecule has 7 heteroatoms. The molecule has 0 radical (unpaired) electrons. The normalized spacial score (nSPS) is 11.4. The molecular weight excluding hydrogens is 472 g/mol. The zero-order valence-corrected chi connectivity index (χ0v) is 24.0. The first kappa shape index (κ1) is 32.3. The van der Waals surface area contributed by atoms with Crippen molar-refractivity contribution in [1.82, 2.24) is 0 Å². The summed E-state index contributed by atoms with van der Waals surface area (Å²) >= 11 is 0. The molecule has 1 rings (SSSR count). The molecule has 0 aliphatic heterocycles. The van der Waals surface area contributed by atoms with Crippen LogP contribution in [0.15, 0.2) is 18.2 Å². The van der Waals surface area contributed by atoms with E-state index in [2.05, 4.69) is 27.7 Å². The number of carbonyl (C=O) groups excluding carboxylic acids is 2. The molecule has 0 N–H and O–H groups in total. The zero-order valence-electron chi connectivity index (χ0n) is 24.0. The molecule has 210 valence electrons. The van der Waals surface area contributed by atoms with E-state index in [1.807, 2.05) is 0 Å². The number of unbranched alkanes of at least 4 members (excludes halogenated alkanes) is 4. The van der Waals surface area contributed by atoms with Gasteiger partial charge in [0.05, 0.1) is 34.5 Å². The van der Waals surface area contributed by atoms with E-state index in [0.29, 0.717) is 34.6 Å². The monoisotopic (exact) mass is 520 g/mol. The van der Waals surface area contributed by atoms with E-state index in [-0.39, 0.29) is 13.2 Å². The Labute approximate surface area is 223 Å². The Morgan fingerprint density at radius 1 is 0.703 bits per heavy atom. The van der Waals surface area contributed by atoms with Crippen molar-refractivity contribution < 1.29 is 33.3 Å². The molecule has 0 amide bonds. The van der Waals surface area contributed by atoms with Crippen LogP contribution >= 0.6 is 0 Å². The fourth-order valence-corrected chi connectivity index (χ4v) is 3.85. The number of carbonyl (C=O) groups is 2. The summed E-state index contributed by atoms with van der Waals surface area (Å²) in [6, 6.07) is 3.49.